The number of nitrogens with zero attached hydrogens (tertiary/aromatic N) is 4. The standard InChI is InChI=1S/C56H62N4O6/c1-61-43-15-13-33(25-45(43)63-3)29-59-21-19-55-39-9-5-7-11-41(39)57-51(55)49-37(27-47(55)59)35(31-59)17-23-65-53(49)58-42-12-8-6-10-40(42)56-20-22-60(30-34-14-16-44(62-2)46(26-34)64-4)32-36-18-24-66-54(57)50(52(56)58)38(36)28-48(56)60/h5-18,25-26,37-38,47-54H,19-24,27-32H2,1-4H3/q+2/t37-,38-,47-,48-,49+,50?,51-,52-,53+,54+,55+,56+,59?,60?/m0/s1. The summed E-state index contributed by atoms with van der Waals surface area (Å²) in [6.07, 6.45) is 9.71. The third-order valence-electron chi connectivity index (χ3n) is 20.4. The first-order valence-corrected chi connectivity index (χ1v) is 24.9. The number of hydrogen-bond donors (Lipinski definition) is 0. The monoisotopic (exact) mass is 886 g/mol. The fourth-order valence-electron chi connectivity index (χ4n) is 18.5. The van der Waals surface area contributed by atoms with Gasteiger partial charge in [0, 0.05) is 71.9 Å². The van der Waals surface area contributed by atoms with Crippen LogP contribution in [0.25, 0.3) is 0 Å². The molecule has 3 unspecified atom stereocenters. The predicted molar refractivity (Wildman–Crippen MR) is 251 cm³/mol. The third kappa shape index (κ3) is 4.54. The van der Waals surface area contributed by atoms with Gasteiger partial charge in [-0.05, 0) is 70.8 Å². The normalized spacial score (nSPS) is 40.5. The smallest absolute Gasteiger partial charge is 0.161 e. The average molecular weight is 887 g/mol. The van der Waals surface area contributed by atoms with Crippen LogP contribution in [0.2, 0.25) is 0 Å². The van der Waals surface area contributed by atoms with E-state index in [4.69, 9.17) is 28.4 Å². The average Bonchev–Trinajstić information content (AvgIpc) is 3.97. The number of methoxy groups -OCH3 is 4. The first-order valence-electron chi connectivity index (χ1n) is 24.9. The molecule has 5 saturated heterocycles. The minimum atomic E-state index is -0.0517. The quantitative estimate of drug-likeness (QED) is 0.132. The van der Waals surface area contributed by atoms with Crippen LogP contribution in [-0.2, 0) is 33.4 Å². The van der Waals surface area contributed by atoms with Crippen molar-refractivity contribution in [1.29, 1.82) is 0 Å². The minimum absolute atomic E-state index is 0.0376. The van der Waals surface area contributed by atoms with Gasteiger partial charge in [0.15, 0.2) is 23.0 Å². The van der Waals surface area contributed by atoms with E-state index in [-0.39, 0.29) is 47.2 Å². The molecule has 10 nitrogen and oxygen atoms in total. The van der Waals surface area contributed by atoms with Crippen LogP contribution in [0, 0.1) is 23.7 Å². The third-order valence-corrected chi connectivity index (χ3v) is 20.4. The maximum atomic E-state index is 7.70. The highest BCUT2D eigenvalue weighted by Crippen LogP contribution is 2.73. The van der Waals surface area contributed by atoms with Crippen molar-refractivity contribution in [3.05, 3.63) is 130 Å². The molecule has 9 heterocycles. The van der Waals surface area contributed by atoms with Gasteiger partial charge in [-0.15, -0.1) is 0 Å². The van der Waals surface area contributed by atoms with Crippen molar-refractivity contribution in [2.75, 3.05) is 77.6 Å². The van der Waals surface area contributed by atoms with Crippen LogP contribution in [0.4, 0.5) is 11.4 Å². The molecule has 10 heteroatoms. The van der Waals surface area contributed by atoms with Gasteiger partial charge in [0.05, 0.1) is 77.7 Å². The van der Waals surface area contributed by atoms with Crippen LogP contribution in [-0.4, -0.2) is 113 Å². The van der Waals surface area contributed by atoms with Crippen molar-refractivity contribution in [2.45, 2.75) is 86.2 Å². The van der Waals surface area contributed by atoms with Crippen LogP contribution in [0.3, 0.4) is 0 Å². The molecule has 7 fully saturated rings. The Morgan fingerprint density at radius 2 is 1.00 bits per heavy atom. The number of rotatable bonds is 8. The number of hydrogen-bond acceptors (Lipinski definition) is 8. The zero-order valence-corrected chi connectivity index (χ0v) is 38.7. The van der Waals surface area contributed by atoms with Crippen LogP contribution >= 0.6 is 0 Å². The highest BCUT2D eigenvalue weighted by Gasteiger charge is 2.81. The van der Waals surface area contributed by atoms with Crippen LogP contribution < -0.4 is 28.7 Å². The topological polar surface area (TPSA) is 61.9 Å². The number of benzene rings is 4. The van der Waals surface area contributed by atoms with E-state index in [1.54, 1.807) is 50.7 Å². The van der Waals surface area contributed by atoms with E-state index in [0.717, 1.165) is 71.2 Å². The van der Waals surface area contributed by atoms with E-state index in [9.17, 15) is 0 Å². The SMILES string of the molecule is COc1ccc(C[N+]23CC[C@@]45c6ccccc6N6[C@@H]7OCC=C8C[N+]9(Cc%10ccc(OC)c(OC)c%10)CC[C@]%10%11c%12ccccc%12N([C@@H]%12OCC=C(C2)[C@H](C[C@@H]43)C%12[C@H]65)[C@H]%10[C@H]7[C@H]8C[C@@H]%119)cc1OC. The maximum absolute atomic E-state index is 7.70. The first-order chi connectivity index (χ1) is 32.4. The molecule has 0 radical (unpaired) electrons. The van der Waals surface area contributed by atoms with Gasteiger partial charge < -0.3 is 47.2 Å². The van der Waals surface area contributed by atoms with Crippen LogP contribution in [0.15, 0.2) is 108 Å². The van der Waals surface area contributed by atoms with Gasteiger partial charge in [-0.2, -0.15) is 0 Å². The van der Waals surface area contributed by atoms with Crippen molar-refractivity contribution in [1.82, 2.24) is 0 Å². The molecular weight excluding hydrogens is 825 g/mol. The number of ether oxygens (including phenoxy) is 6. The fourth-order valence-corrected chi connectivity index (χ4v) is 18.5. The Balaban J connectivity index is 0.924. The molecule has 4 aromatic carbocycles. The first kappa shape index (κ1) is 39.0. The fraction of sp³-hybridized carbons (Fsp3) is 0.500. The number of quaternary nitrogens is 2. The van der Waals surface area contributed by atoms with E-state index in [1.807, 2.05) is 0 Å². The number of fused-ring (bicyclic) bond motifs is 6. The summed E-state index contributed by atoms with van der Waals surface area (Å²) in [7, 11) is 6.99. The number of piperidine rings is 2. The van der Waals surface area contributed by atoms with Crippen molar-refractivity contribution >= 4 is 11.4 Å². The number of para-hydroxylation sites is 2. The highest BCUT2D eigenvalue weighted by molar-refractivity contribution is 5.72. The molecule has 2 aliphatic carbocycles. The van der Waals surface area contributed by atoms with Gasteiger partial charge in [-0.3, -0.25) is 0 Å². The molecule has 4 aromatic rings. The second-order valence-corrected chi connectivity index (χ2v) is 22.1. The van der Waals surface area contributed by atoms with Crippen molar-refractivity contribution in [2.24, 2.45) is 23.7 Å². The van der Waals surface area contributed by atoms with Crippen molar-refractivity contribution < 1.29 is 37.4 Å². The lowest BCUT2D eigenvalue weighted by molar-refractivity contribution is -0.955. The molecule has 340 valence electrons. The minimum Gasteiger partial charge on any atom is -0.493 e. The lowest BCUT2D eigenvalue weighted by Crippen LogP contribution is -2.78. The Hall–Kier alpha value is -5.00. The Morgan fingerprint density at radius 3 is 1.44 bits per heavy atom. The van der Waals surface area contributed by atoms with Crippen LogP contribution in [0.5, 0.6) is 23.0 Å². The molecular formula is C56H62N4O6+2. The summed E-state index contributed by atoms with van der Waals surface area (Å²) in [5.41, 5.74) is 11.8. The number of anilines is 2. The Bertz CT molecular complexity index is 2610. The van der Waals surface area contributed by atoms with E-state index in [2.05, 4.69) is 107 Å². The lowest BCUT2D eigenvalue weighted by atomic mass is 9.52. The summed E-state index contributed by atoms with van der Waals surface area (Å²) in [4.78, 5) is 5.95. The summed E-state index contributed by atoms with van der Waals surface area (Å²) in [5, 5.41) is 0. The van der Waals surface area contributed by atoms with Gasteiger partial charge in [0.1, 0.15) is 50.7 Å². The van der Waals surface area contributed by atoms with Crippen molar-refractivity contribution in [3.8, 4) is 23.0 Å². The largest absolute Gasteiger partial charge is 0.493 e. The zero-order valence-electron chi connectivity index (χ0n) is 38.7. The summed E-state index contributed by atoms with van der Waals surface area (Å²) >= 11 is 0. The molecule has 9 aliphatic heterocycles. The summed E-state index contributed by atoms with van der Waals surface area (Å²) < 4.78 is 40.8. The molecule has 66 heavy (non-hydrogen) atoms. The second-order valence-electron chi connectivity index (χ2n) is 22.1. The lowest BCUT2D eigenvalue weighted by Gasteiger charge is -2.65. The molecule has 4 bridgehead atoms. The van der Waals surface area contributed by atoms with Crippen molar-refractivity contribution in [3.63, 3.8) is 0 Å². The van der Waals surface area contributed by atoms with E-state index < -0.39 is 0 Å². The summed E-state index contributed by atoms with van der Waals surface area (Å²) in [6.45, 7) is 7.73. The Labute approximate surface area is 388 Å². The predicted octanol–water partition coefficient (Wildman–Crippen LogP) is 7.73. The van der Waals surface area contributed by atoms with E-state index in [1.165, 1.54) is 48.2 Å². The Morgan fingerprint density at radius 1 is 0.561 bits per heavy atom. The molecule has 2 saturated carbocycles. The molecule has 0 N–H and O–H groups in total. The zero-order chi connectivity index (χ0) is 43.9. The highest BCUT2D eigenvalue weighted by atomic mass is 16.5. The summed E-state index contributed by atoms with van der Waals surface area (Å²) in [5.74, 6) is 4.63. The van der Waals surface area contributed by atoms with Gasteiger partial charge >= 0.3 is 0 Å². The van der Waals surface area contributed by atoms with Gasteiger partial charge in [-0.25, -0.2) is 0 Å². The molecule has 0 aromatic heterocycles. The van der Waals surface area contributed by atoms with Crippen LogP contribution in [0.1, 0.15) is 47.9 Å². The van der Waals surface area contributed by atoms with E-state index >= 15 is 0 Å². The van der Waals surface area contributed by atoms with Gasteiger partial charge in [0.25, 0.3) is 0 Å². The molecule has 11 aliphatic rings. The molecule has 15 rings (SSSR count). The van der Waals surface area contributed by atoms with Gasteiger partial charge in [-0.1, -0.05) is 48.6 Å². The van der Waals surface area contributed by atoms with Gasteiger partial charge in [0.2, 0.25) is 0 Å². The Kier molecular flexibility index (Phi) is 7.91. The second kappa shape index (κ2) is 13.4. The maximum Gasteiger partial charge on any atom is 0.161 e. The summed E-state index contributed by atoms with van der Waals surface area (Å²) in [6, 6.07) is 34.1. The van der Waals surface area contributed by atoms with E-state index in [0.29, 0.717) is 37.1 Å². The molecule has 2 spiro atoms. The molecule has 14 atom stereocenters. The molecule has 0 amide bonds.